The molecule has 20 heavy (non-hydrogen) atoms. The van der Waals surface area contributed by atoms with Gasteiger partial charge in [0.05, 0.1) is 11.5 Å². The second kappa shape index (κ2) is 5.09. The number of carbonyl (C=O) groups excluding carboxylic acids is 1. The van der Waals surface area contributed by atoms with Crippen molar-refractivity contribution in [1.82, 2.24) is 5.32 Å². The van der Waals surface area contributed by atoms with E-state index in [-0.39, 0.29) is 23.5 Å². The topological polar surface area (TPSA) is 75.4 Å². The molecule has 0 spiro atoms. The quantitative estimate of drug-likeness (QED) is 0.735. The van der Waals surface area contributed by atoms with Gasteiger partial charge in [-0.25, -0.2) is 0 Å². The predicted octanol–water partition coefficient (Wildman–Crippen LogP) is 1.72. The van der Waals surface area contributed by atoms with E-state index in [0.29, 0.717) is 0 Å². The molecule has 4 heteroatoms. The van der Waals surface area contributed by atoms with Crippen LogP contribution < -0.4 is 11.1 Å². The Kier molecular flexibility index (Phi) is 3.42. The first-order valence-corrected chi connectivity index (χ1v) is 7.45. The number of benzene rings is 1. The highest BCUT2D eigenvalue weighted by Gasteiger charge is 2.51. The van der Waals surface area contributed by atoms with Gasteiger partial charge in [-0.1, -0.05) is 12.1 Å². The Balaban J connectivity index is 1.66. The van der Waals surface area contributed by atoms with Gasteiger partial charge in [0, 0.05) is 11.7 Å². The van der Waals surface area contributed by atoms with E-state index in [1.807, 2.05) is 24.3 Å². The molecule has 2 saturated carbocycles. The highest BCUT2D eigenvalue weighted by atomic mass is 16.3. The van der Waals surface area contributed by atoms with Crippen molar-refractivity contribution in [3.63, 3.8) is 0 Å². The molecule has 108 valence electrons. The average Bonchev–Trinajstić information content (AvgIpc) is 3.24. The third-order valence-corrected chi connectivity index (χ3v) is 4.68. The normalized spacial score (nSPS) is 27.9. The molecule has 3 rings (SSSR count). The number of anilines is 1. The monoisotopic (exact) mass is 274 g/mol. The molecule has 2 aliphatic rings. The fourth-order valence-electron chi connectivity index (χ4n) is 3.12. The molecule has 1 amide bonds. The average molecular weight is 274 g/mol. The van der Waals surface area contributed by atoms with Crippen molar-refractivity contribution in [2.24, 2.45) is 0 Å². The standard InChI is InChI=1S/C16H22N2O2/c17-12-3-1-11(2-4-12)16(9-10-16)15(20)18-13-5-7-14(19)8-6-13/h1-4,13-14,19H,5-10,17H2,(H,18,20). The van der Waals surface area contributed by atoms with Crippen molar-refractivity contribution in [3.8, 4) is 0 Å². The summed E-state index contributed by atoms with van der Waals surface area (Å²) in [6, 6.07) is 7.87. The number of nitrogen functional groups attached to an aromatic ring is 1. The number of nitrogens with one attached hydrogen (secondary N) is 1. The SMILES string of the molecule is Nc1ccc(C2(C(=O)NC3CCC(O)CC3)CC2)cc1. The molecule has 1 aromatic rings. The van der Waals surface area contributed by atoms with Crippen molar-refractivity contribution in [1.29, 1.82) is 0 Å². The summed E-state index contributed by atoms with van der Waals surface area (Å²) in [6.45, 7) is 0. The number of aliphatic hydroxyl groups is 1. The van der Waals surface area contributed by atoms with Crippen LogP contribution in [0.25, 0.3) is 0 Å². The Bertz CT molecular complexity index is 486. The lowest BCUT2D eigenvalue weighted by Gasteiger charge is -2.28. The first-order chi connectivity index (χ1) is 9.60. The highest BCUT2D eigenvalue weighted by molar-refractivity contribution is 5.91. The number of rotatable bonds is 3. The molecule has 0 saturated heterocycles. The van der Waals surface area contributed by atoms with Gasteiger partial charge in [0.1, 0.15) is 0 Å². The lowest BCUT2D eigenvalue weighted by molar-refractivity contribution is -0.124. The van der Waals surface area contributed by atoms with E-state index in [0.717, 1.165) is 49.8 Å². The number of aliphatic hydroxyl groups excluding tert-OH is 1. The van der Waals surface area contributed by atoms with Gasteiger partial charge >= 0.3 is 0 Å². The number of amides is 1. The van der Waals surface area contributed by atoms with E-state index in [9.17, 15) is 9.90 Å². The number of carbonyl (C=O) groups is 1. The summed E-state index contributed by atoms with van der Waals surface area (Å²) in [6.07, 6.45) is 4.99. The van der Waals surface area contributed by atoms with Gasteiger partial charge in [-0.05, 0) is 56.2 Å². The van der Waals surface area contributed by atoms with Gasteiger partial charge in [-0.2, -0.15) is 0 Å². The second-order valence-electron chi connectivity index (χ2n) is 6.18. The summed E-state index contributed by atoms with van der Waals surface area (Å²) < 4.78 is 0. The van der Waals surface area contributed by atoms with E-state index >= 15 is 0 Å². The van der Waals surface area contributed by atoms with Gasteiger partial charge in [-0.15, -0.1) is 0 Å². The zero-order valence-corrected chi connectivity index (χ0v) is 11.6. The van der Waals surface area contributed by atoms with Crippen LogP contribution in [-0.4, -0.2) is 23.2 Å². The van der Waals surface area contributed by atoms with Gasteiger partial charge in [0.2, 0.25) is 5.91 Å². The summed E-state index contributed by atoms with van der Waals surface area (Å²) >= 11 is 0. The third kappa shape index (κ3) is 2.52. The lowest BCUT2D eigenvalue weighted by Crippen LogP contribution is -2.43. The van der Waals surface area contributed by atoms with Crippen molar-refractivity contribution in [2.45, 2.75) is 56.1 Å². The van der Waals surface area contributed by atoms with E-state index < -0.39 is 0 Å². The van der Waals surface area contributed by atoms with E-state index in [4.69, 9.17) is 5.73 Å². The van der Waals surface area contributed by atoms with E-state index in [1.165, 1.54) is 0 Å². The van der Waals surface area contributed by atoms with Crippen LogP contribution in [0.1, 0.15) is 44.1 Å². The summed E-state index contributed by atoms with van der Waals surface area (Å²) in [5, 5.41) is 12.7. The van der Waals surface area contributed by atoms with Crippen LogP contribution in [0.15, 0.2) is 24.3 Å². The third-order valence-electron chi connectivity index (χ3n) is 4.68. The molecule has 0 aliphatic heterocycles. The second-order valence-corrected chi connectivity index (χ2v) is 6.18. The number of nitrogens with two attached hydrogens (primary N) is 1. The Morgan fingerprint density at radius 2 is 1.75 bits per heavy atom. The highest BCUT2D eigenvalue weighted by Crippen LogP contribution is 2.48. The minimum absolute atomic E-state index is 0.142. The first-order valence-electron chi connectivity index (χ1n) is 7.45. The van der Waals surface area contributed by atoms with Crippen molar-refractivity contribution < 1.29 is 9.90 Å². The van der Waals surface area contributed by atoms with Crippen molar-refractivity contribution >= 4 is 11.6 Å². The molecule has 0 heterocycles. The number of hydrogen-bond acceptors (Lipinski definition) is 3. The van der Waals surface area contributed by atoms with Crippen LogP contribution in [0.4, 0.5) is 5.69 Å². The zero-order valence-electron chi connectivity index (χ0n) is 11.6. The number of hydrogen-bond donors (Lipinski definition) is 3. The molecule has 4 N–H and O–H groups in total. The predicted molar refractivity (Wildman–Crippen MR) is 78.2 cm³/mol. The van der Waals surface area contributed by atoms with Gasteiger partial charge in [0.25, 0.3) is 0 Å². The zero-order chi connectivity index (χ0) is 14.2. The maximum Gasteiger partial charge on any atom is 0.230 e. The minimum atomic E-state index is -0.330. The van der Waals surface area contributed by atoms with Crippen LogP contribution >= 0.6 is 0 Å². The molecule has 0 aromatic heterocycles. The lowest BCUT2D eigenvalue weighted by atomic mass is 9.90. The van der Waals surface area contributed by atoms with E-state index in [2.05, 4.69) is 5.32 Å². The Morgan fingerprint density at radius 1 is 1.15 bits per heavy atom. The smallest absolute Gasteiger partial charge is 0.230 e. The molecular weight excluding hydrogens is 252 g/mol. The van der Waals surface area contributed by atoms with Crippen LogP contribution in [0.5, 0.6) is 0 Å². The van der Waals surface area contributed by atoms with Crippen LogP contribution in [-0.2, 0) is 10.2 Å². The fourth-order valence-corrected chi connectivity index (χ4v) is 3.12. The Hall–Kier alpha value is -1.55. The molecule has 0 unspecified atom stereocenters. The van der Waals surface area contributed by atoms with Crippen molar-refractivity contribution in [3.05, 3.63) is 29.8 Å². The molecule has 4 nitrogen and oxygen atoms in total. The molecule has 2 fully saturated rings. The molecule has 0 bridgehead atoms. The summed E-state index contributed by atoms with van der Waals surface area (Å²) in [5.41, 5.74) is 7.17. The van der Waals surface area contributed by atoms with Crippen molar-refractivity contribution in [2.75, 3.05) is 5.73 Å². The fraction of sp³-hybridized carbons (Fsp3) is 0.562. The van der Waals surface area contributed by atoms with Crippen LogP contribution in [0.2, 0.25) is 0 Å². The van der Waals surface area contributed by atoms with Crippen LogP contribution in [0.3, 0.4) is 0 Å². The van der Waals surface area contributed by atoms with E-state index in [1.54, 1.807) is 0 Å². The van der Waals surface area contributed by atoms with Gasteiger partial charge in [0.15, 0.2) is 0 Å². The summed E-state index contributed by atoms with van der Waals surface area (Å²) in [5.74, 6) is 0.142. The first kappa shape index (κ1) is 13.4. The molecule has 0 radical (unpaired) electrons. The largest absolute Gasteiger partial charge is 0.399 e. The maximum atomic E-state index is 12.6. The maximum absolute atomic E-state index is 12.6. The molecule has 1 aromatic carbocycles. The molecule has 0 atom stereocenters. The minimum Gasteiger partial charge on any atom is -0.399 e. The Labute approximate surface area is 119 Å². The Morgan fingerprint density at radius 3 is 2.30 bits per heavy atom. The molecule has 2 aliphatic carbocycles. The van der Waals surface area contributed by atoms with Crippen LogP contribution in [0, 0.1) is 0 Å². The van der Waals surface area contributed by atoms with Gasteiger partial charge in [-0.3, -0.25) is 4.79 Å². The summed E-state index contributed by atoms with van der Waals surface area (Å²) in [4.78, 5) is 12.6. The molecular formula is C16H22N2O2. The summed E-state index contributed by atoms with van der Waals surface area (Å²) in [7, 11) is 0. The van der Waals surface area contributed by atoms with Gasteiger partial charge < -0.3 is 16.2 Å².